The van der Waals surface area contributed by atoms with Gasteiger partial charge < -0.3 is 5.11 Å². The second-order valence-electron chi connectivity index (χ2n) is 5.44. The number of rotatable bonds is 2. The lowest BCUT2D eigenvalue weighted by Gasteiger charge is -2.19. The Morgan fingerprint density at radius 1 is 1.00 bits per heavy atom. The highest BCUT2D eigenvalue weighted by Gasteiger charge is 2.36. The van der Waals surface area contributed by atoms with E-state index in [2.05, 4.69) is 11.8 Å². The maximum atomic E-state index is 12.1. The van der Waals surface area contributed by atoms with Crippen LogP contribution in [-0.2, 0) is 4.79 Å². The van der Waals surface area contributed by atoms with Crippen LogP contribution < -0.4 is 0 Å². The monoisotopic (exact) mass is 300 g/mol. The molecule has 2 nitrogen and oxygen atoms in total. The van der Waals surface area contributed by atoms with Gasteiger partial charge in [0.1, 0.15) is 5.60 Å². The maximum absolute atomic E-state index is 12.1. The summed E-state index contributed by atoms with van der Waals surface area (Å²) in [7, 11) is 0. The Morgan fingerprint density at radius 3 is 2.35 bits per heavy atom. The van der Waals surface area contributed by atoms with Crippen LogP contribution >= 0.6 is 0 Å². The van der Waals surface area contributed by atoms with Crippen molar-refractivity contribution in [2.24, 2.45) is 0 Å². The van der Waals surface area contributed by atoms with Gasteiger partial charge in [0.25, 0.3) is 0 Å². The fourth-order valence-electron chi connectivity index (χ4n) is 2.48. The number of aliphatic hydroxyl groups is 1. The summed E-state index contributed by atoms with van der Waals surface area (Å²) in [6.45, 7) is 0. The van der Waals surface area contributed by atoms with Crippen molar-refractivity contribution in [2.45, 2.75) is 12.0 Å². The normalized spacial score (nSPS) is 21.3. The van der Waals surface area contributed by atoms with Crippen molar-refractivity contribution in [1.82, 2.24) is 0 Å². The van der Waals surface area contributed by atoms with Crippen LogP contribution in [0, 0.1) is 11.8 Å². The van der Waals surface area contributed by atoms with E-state index in [1.165, 1.54) is 12.2 Å². The quantitative estimate of drug-likeness (QED) is 0.682. The van der Waals surface area contributed by atoms with Crippen LogP contribution in [0.2, 0.25) is 0 Å². The molecule has 2 aromatic rings. The first-order chi connectivity index (χ1) is 11.2. The van der Waals surface area contributed by atoms with Crippen molar-refractivity contribution in [3.05, 3.63) is 89.5 Å². The van der Waals surface area contributed by atoms with Crippen molar-refractivity contribution in [3.63, 3.8) is 0 Å². The summed E-state index contributed by atoms with van der Waals surface area (Å²) < 4.78 is 0. The molecular formula is C21H16O2. The van der Waals surface area contributed by atoms with Gasteiger partial charge in [-0.15, -0.1) is 0 Å². The molecule has 1 aliphatic carbocycles. The maximum Gasteiger partial charge on any atom is 0.184 e. The molecule has 0 unspecified atom stereocenters. The van der Waals surface area contributed by atoms with Gasteiger partial charge >= 0.3 is 0 Å². The summed E-state index contributed by atoms with van der Waals surface area (Å²) in [4.78, 5) is 12.1. The number of hydrogen-bond acceptors (Lipinski definition) is 2. The zero-order valence-corrected chi connectivity index (χ0v) is 12.6. The molecule has 0 saturated carbocycles. The number of carbonyl (C=O) groups excluding carboxylic acids is 1. The standard InChI is InChI=1S/C21H16O2/c22-20-13-15-21(23,14-7-12-17-8-3-1-4-9-17)19(20)16-18-10-5-2-6-11-18/h1-6,8-11,13,15-16,23H,14H2/b19-16-/t21-/m0/s1. The van der Waals surface area contributed by atoms with E-state index >= 15 is 0 Å². The van der Waals surface area contributed by atoms with Gasteiger partial charge in [0, 0.05) is 17.6 Å². The van der Waals surface area contributed by atoms with Gasteiger partial charge in [-0.3, -0.25) is 4.79 Å². The number of hydrogen-bond donors (Lipinski definition) is 1. The predicted molar refractivity (Wildman–Crippen MR) is 91.5 cm³/mol. The van der Waals surface area contributed by atoms with Gasteiger partial charge in [-0.1, -0.05) is 60.4 Å². The molecule has 0 aliphatic heterocycles. The number of benzene rings is 2. The number of allylic oxidation sites excluding steroid dienone is 1. The Hall–Kier alpha value is -2.89. The lowest BCUT2D eigenvalue weighted by atomic mass is 9.91. The molecular weight excluding hydrogens is 284 g/mol. The van der Waals surface area contributed by atoms with Crippen LogP contribution in [0.5, 0.6) is 0 Å². The van der Waals surface area contributed by atoms with E-state index in [1.807, 2.05) is 60.7 Å². The second-order valence-corrected chi connectivity index (χ2v) is 5.44. The van der Waals surface area contributed by atoms with Crippen LogP contribution in [0.25, 0.3) is 6.08 Å². The molecule has 0 saturated heterocycles. The highest BCUT2D eigenvalue weighted by molar-refractivity contribution is 6.12. The predicted octanol–water partition coefficient (Wildman–Crippen LogP) is 3.38. The minimum Gasteiger partial charge on any atom is -0.380 e. The number of carbonyl (C=O) groups is 1. The van der Waals surface area contributed by atoms with Gasteiger partial charge in [-0.2, -0.15) is 0 Å². The van der Waals surface area contributed by atoms with Gasteiger partial charge in [0.05, 0.1) is 0 Å². The molecule has 3 rings (SSSR count). The lowest BCUT2D eigenvalue weighted by molar-refractivity contribution is -0.111. The molecule has 112 valence electrons. The molecule has 0 fully saturated rings. The van der Waals surface area contributed by atoms with Gasteiger partial charge in [0.2, 0.25) is 0 Å². The van der Waals surface area contributed by atoms with E-state index in [-0.39, 0.29) is 12.2 Å². The summed E-state index contributed by atoms with van der Waals surface area (Å²) in [5, 5.41) is 10.8. The highest BCUT2D eigenvalue weighted by atomic mass is 16.3. The zero-order valence-electron chi connectivity index (χ0n) is 12.6. The molecule has 1 N–H and O–H groups in total. The summed E-state index contributed by atoms with van der Waals surface area (Å²) in [6, 6.07) is 19.1. The smallest absolute Gasteiger partial charge is 0.184 e. The van der Waals surface area contributed by atoms with Crippen molar-refractivity contribution in [3.8, 4) is 11.8 Å². The van der Waals surface area contributed by atoms with Crippen molar-refractivity contribution >= 4 is 11.9 Å². The van der Waals surface area contributed by atoms with E-state index in [4.69, 9.17) is 0 Å². The molecule has 0 radical (unpaired) electrons. The average molecular weight is 300 g/mol. The van der Waals surface area contributed by atoms with E-state index < -0.39 is 5.60 Å². The SMILES string of the molecule is O=C1C=C[C@@](O)(CC#Cc2ccccc2)/C1=C\c1ccccc1. The Kier molecular flexibility index (Phi) is 4.23. The third kappa shape index (κ3) is 3.48. The largest absolute Gasteiger partial charge is 0.380 e. The summed E-state index contributed by atoms with van der Waals surface area (Å²) in [6.07, 6.45) is 4.86. The van der Waals surface area contributed by atoms with Crippen LogP contribution in [0.15, 0.2) is 78.4 Å². The Balaban J connectivity index is 1.85. The highest BCUT2D eigenvalue weighted by Crippen LogP contribution is 2.31. The Morgan fingerprint density at radius 2 is 1.65 bits per heavy atom. The van der Waals surface area contributed by atoms with Crippen LogP contribution in [-0.4, -0.2) is 16.5 Å². The molecule has 0 spiro atoms. The molecule has 1 atom stereocenters. The third-order valence-electron chi connectivity index (χ3n) is 3.72. The van der Waals surface area contributed by atoms with Crippen molar-refractivity contribution < 1.29 is 9.90 Å². The minimum absolute atomic E-state index is 0.169. The van der Waals surface area contributed by atoms with Crippen LogP contribution in [0.3, 0.4) is 0 Å². The Labute approximate surface area is 135 Å². The van der Waals surface area contributed by atoms with Crippen LogP contribution in [0.1, 0.15) is 17.5 Å². The number of ketones is 1. The first-order valence-electron chi connectivity index (χ1n) is 7.44. The zero-order chi connectivity index (χ0) is 16.1. The summed E-state index contributed by atoms with van der Waals surface area (Å²) >= 11 is 0. The van der Waals surface area contributed by atoms with Gasteiger partial charge in [-0.05, 0) is 35.9 Å². The molecule has 1 aliphatic rings. The molecule has 0 bridgehead atoms. The molecule has 0 heterocycles. The van der Waals surface area contributed by atoms with Gasteiger partial charge in [-0.25, -0.2) is 0 Å². The van der Waals surface area contributed by atoms with E-state index in [1.54, 1.807) is 6.08 Å². The molecule has 0 aromatic heterocycles. The van der Waals surface area contributed by atoms with Crippen molar-refractivity contribution in [2.75, 3.05) is 0 Å². The Bertz CT molecular complexity index is 820. The minimum atomic E-state index is -1.32. The second kappa shape index (κ2) is 6.48. The summed E-state index contributed by atoms with van der Waals surface area (Å²) in [5.41, 5.74) is 0.812. The molecule has 23 heavy (non-hydrogen) atoms. The third-order valence-corrected chi connectivity index (χ3v) is 3.72. The van der Waals surface area contributed by atoms with E-state index in [0.717, 1.165) is 11.1 Å². The first-order valence-corrected chi connectivity index (χ1v) is 7.44. The molecule has 2 heteroatoms. The summed E-state index contributed by atoms with van der Waals surface area (Å²) in [5.74, 6) is 5.82. The van der Waals surface area contributed by atoms with Gasteiger partial charge in [0.15, 0.2) is 5.78 Å². The average Bonchev–Trinajstić information content (AvgIpc) is 2.86. The lowest BCUT2D eigenvalue weighted by Crippen LogP contribution is -2.27. The van der Waals surface area contributed by atoms with E-state index in [0.29, 0.717) is 5.57 Å². The van der Waals surface area contributed by atoms with Crippen LogP contribution in [0.4, 0.5) is 0 Å². The fraction of sp³-hybridized carbons (Fsp3) is 0.0952. The fourth-order valence-corrected chi connectivity index (χ4v) is 2.48. The molecule has 0 amide bonds. The molecule has 2 aromatic carbocycles. The topological polar surface area (TPSA) is 37.3 Å². The first kappa shape index (κ1) is 15.0. The van der Waals surface area contributed by atoms with Crippen molar-refractivity contribution in [1.29, 1.82) is 0 Å². The van der Waals surface area contributed by atoms with E-state index in [9.17, 15) is 9.90 Å².